The number of carbonyl (C=O) groups excluding carboxylic acids is 1. The van der Waals surface area contributed by atoms with Gasteiger partial charge in [-0.05, 0) is 51.3 Å². The minimum atomic E-state index is -3.88. The van der Waals surface area contributed by atoms with Crippen LogP contribution in [-0.4, -0.2) is 46.6 Å². The molecule has 4 N–H and O–H groups in total. The van der Waals surface area contributed by atoms with Crippen molar-refractivity contribution >= 4 is 15.9 Å². The lowest BCUT2D eigenvalue weighted by atomic mass is 9.98. The van der Waals surface area contributed by atoms with Crippen LogP contribution in [0.5, 0.6) is 5.75 Å². The lowest BCUT2D eigenvalue weighted by Gasteiger charge is -2.37. The highest BCUT2D eigenvalue weighted by molar-refractivity contribution is 7.89. The van der Waals surface area contributed by atoms with E-state index in [0.29, 0.717) is 12.3 Å². The highest BCUT2D eigenvalue weighted by Crippen LogP contribution is 2.22. The molecule has 0 spiro atoms. The third-order valence-electron chi connectivity index (χ3n) is 4.85. The van der Waals surface area contributed by atoms with Crippen LogP contribution in [0.1, 0.15) is 43.5 Å². The van der Waals surface area contributed by atoms with Crippen LogP contribution in [0.2, 0.25) is 0 Å². The fourth-order valence-corrected chi connectivity index (χ4v) is 3.76. The molecule has 1 aliphatic rings. The summed E-state index contributed by atoms with van der Waals surface area (Å²) in [4.78, 5) is 14.0. The SMILES string of the molecule is COc1ccc(S(N)(=O)=O)cc1C(=O)NCC(C)(C)[NH+]1CCCCC1. The maximum atomic E-state index is 12.6. The van der Waals surface area contributed by atoms with Gasteiger partial charge in [-0.3, -0.25) is 4.79 Å². The monoisotopic (exact) mass is 370 g/mol. The molecule has 2 rings (SSSR count). The summed E-state index contributed by atoms with van der Waals surface area (Å²) in [6.45, 7) is 6.96. The molecule has 1 aromatic carbocycles. The summed E-state index contributed by atoms with van der Waals surface area (Å²) < 4.78 is 28.2. The summed E-state index contributed by atoms with van der Waals surface area (Å²) in [6.07, 6.45) is 3.68. The number of nitrogens with one attached hydrogen (secondary N) is 2. The van der Waals surface area contributed by atoms with Crippen molar-refractivity contribution in [2.75, 3.05) is 26.7 Å². The average Bonchev–Trinajstić information content (AvgIpc) is 2.59. The van der Waals surface area contributed by atoms with Crippen molar-refractivity contribution in [2.45, 2.75) is 43.5 Å². The second-order valence-corrected chi connectivity index (χ2v) is 8.70. The molecule has 1 aliphatic heterocycles. The van der Waals surface area contributed by atoms with E-state index < -0.39 is 10.0 Å². The molecule has 1 fully saturated rings. The number of sulfonamides is 1. The van der Waals surface area contributed by atoms with Crippen LogP contribution in [0, 0.1) is 0 Å². The first-order valence-corrected chi connectivity index (χ1v) is 10.0. The van der Waals surface area contributed by atoms with Gasteiger partial charge in [-0.25, -0.2) is 13.6 Å². The van der Waals surface area contributed by atoms with E-state index in [1.165, 1.54) is 49.5 Å². The average molecular weight is 370 g/mol. The van der Waals surface area contributed by atoms with Gasteiger partial charge in [0, 0.05) is 0 Å². The second kappa shape index (κ2) is 7.72. The molecule has 1 saturated heterocycles. The first-order chi connectivity index (χ1) is 11.6. The van der Waals surface area contributed by atoms with Gasteiger partial charge in [0.15, 0.2) is 0 Å². The molecule has 0 radical (unpaired) electrons. The summed E-state index contributed by atoms with van der Waals surface area (Å²) in [5.74, 6) is -0.0557. The van der Waals surface area contributed by atoms with E-state index >= 15 is 0 Å². The molecule has 0 unspecified atom stereocenters. The van der Waals surface area contributed by atoms with Crippen LogP contribution in [-0.2, 0) is 10.0 Å². The van der Waals surface area contributed by atoms with Crippen LogP contribution in [0.3, 0.4) is 0 Å². The predicted molar refractivity (Wildman–Crippen MR) is 95.3 cm³/mol. The van der Waals surface area contributed by atoms with Gasteiger partial charge in [-0.2, -0.15) is 0 Å². The van der Waals surface area contributed by atoms with Gasteiger partial charge in [0.05, 0.1) is 37.2 Å². The molecule has 140 valence electrons. The lowest BCUT2D eigenvalue weighted by molar-refractivity contribution is -0.951. The predicted octanol–water partition coefficient (Wildman–Crippen LogP) is -0.0802. The van der Waals surface area contributed by atoms with Gasteiger partial charge >= 0.3 is 0 Å². The number of likely N-dealkylation sites (tertiary alicyclic amines) is 1. The Kier molecular flexibility index (Phi) is 6.08. The maximum absolute atomic E-state index is 12.6. The maximum Gasteiger partial charge on any atom is 0.255 e. The molecule has 1 amide bonds. The van der Waals surface area contributed by atoms with Crippen LogP contribution < -0.4 is 20.1 Å². The van der Waals surface area contributed by atoms with Crippen molar-refractivity contribution in [3.05, 3.63) is 23.8 Å². The standard InChI is InChI=1S/C17H27N3O4S/c1-17(2,20-9-5-4-6-10-20)12-19-16(21)14-11-13(25(18,22)23)7-8-15(14)24-3/h7-8,11H,4-6,9-10,12H2,1-3H3,(H,19,21)(H2,18,22,23)/p+1. The summed E-state index contributed by atoms with van der Waals surface area (Å²) in [5, 5.41) is 8.07. The van der Waals surface area contributed by atoms with E-state index in [1.54, 1.807) is 0 Å². The lowest BCUT2D eigenvalue weighted by Crippen LogP contribution is -3.20. The van der Waals surface area contributed by atoms with Crippen LogP contribution in [0.4, 0.5) is 0 Å². The molecule has 0 saturated carbocycles. The Morgan fingerprint density at radius 2 is 1.92 bits per heavy atom. The number of ether oxygens (including phenoxy) is 1. The number of hydrogen-bond acceptors (Lipinski definition) is 4. The highest BCUT2D eigenvalue weighted by atomic mass is 32.2. The van der Waals surface area contributed by atoms with E-state index in [0.717, 1.165) is 13.1 Å². The molecule has 7 nitrogen and oxygen atoms in total. The quantitative estimate of drug-likeness (QED) is 0.652. The molecule has 25 heavy (non-hydrogen) atoms. The number of methoxy groups -OCH3 is 1. The molecule has 1 heterocycles. The highest BCUT2D eigenvalue weighted by Gasteiger charge is 2.32. The van der Waals surface area contributed by atoms with Gasteiger partial charge in [0.1, 0.15) is 11.3 Å². The third-order valence-corrected chi connectivity index (χ3v) is 5.76. The van der Waals surface area contributed by atoms with Crippen molar-refractivity contribution in [1.29, 1.82) is 0 Å². The molecule has 8 heteroatoms. The zero-order chi connectivity index (χ0) is 18.7. The zero-order valence-corrected chi connectivity index (χ0v) is 15.9. The molecular weight excluding hydrogens is 342 g/mol. The van der Waals surface area contributed by atoms with E-state index in [-0.39, 0.29) is 21.9 Å². The van der Waals surface area contributed by atoms with Crippen molar-refractivity contribution in [2.24, 2.45) is 5.14 Å². The topological polar surface area (TPSA) is 103 Å². The van der Waals surface area contributed by atoms with E-state index in [4.69, 9.17) is 9.88 Å². The van der Waals surface area contributed by atoms with Gasteiger partial charge in [-0.1, -0.05) is 0 Å². The number of nitrogens with two attached hydrogens (primary N) is 1. The number of hydrogen-bond donors (Lipinski definition) is 3. The van der Waals surface area contributed by atoms with E-state index in [9.17, 15) is 13.2 Å². The van der Waals surface area contributed by atoms with Gasteiger partial charge in [-0.15, -0.1) is 0 Å². The Hall–Kier alpha value is -1.64. The first kappa shape index (κ1) is 19.7. The van der Waals surface area contributed by atoms with Gasteiger partial charge < -0.3 is 15.0 Å². The molecular formula is C17H28N3O4S+. The summed E-state index contributed by atoms with van der Waals surface area (Å²) in [7, 11) is -2.45. The first-order valence-electron chi connectivity index (χ1n) is 8.49. The largest absolute Gasteiger partial charge is 0.496 e. The van der Waals surface area contributed by atoms with Crippen molar-refractivity contribution in [3.8, 4) is 5.75 Å². The number of rotatable bonds is 6. The van der Waals surface area contributed by atoms with Crippen LogP contribution in [0.15, 0.2) is 23.1 Å². The van der Waals surface area contributed by atoms with Crippen molar-refractivity contribution in [3.63, 3.8) is 0 Å². The number of amides is 1. The van der Waals surface area contributed by atoms with Crippen LogP contribution in [0.25, 0.3) is 0 Å². The number of benzene rings is 1. The number of primary sulfonamides is 1. The zero-order valence-electron chi connectivity index (χ0n) is 15.1. The summed E-state index contributed by atoms with van der Waals surface area (Å²) in [6, 6.07) is 4.02. The Balaban J connectivity index is 2.14. The Labute approximate surface area is 149 Å². The smallest absolute Gasteiger partial charge is 0.255 e. The van der Waals surface area contributed by atoms with Crippen molar-refractivity contribution < 1.29 is 22.8 Å². The number of carbonyl (C=O) groups is 1. The summed E-state index contributed by atoms with van der Waals surface area (Å²) in [5.41, 5.74) is 0.0689. The molecule has 0 aromatic heterocycles. The van der Waals surface area contributed by atoms with E-state index in [2.05, 4.69) is 19.2 Å². The summed E-state index contributed by atoms with van der Waals surface area (Å²) >= 11 is 0. The third kappa shape index (κ3) is 4.93. The number of quaternary nitrogens is 1. The Morgan fingerprint density at radius 3 is 2.48 bits per heavy atom. The Morgan fingerprint density at radius 1 is 1.28 bits per heavy atom. The van der Waals surface area contributed by atoms with Crippen LogP contribution >= 0.6 is 0 Å². The number of piperidine rings is 1. The Bertz CT molecular complexity index is 725. The fraction of sp³-hybridized carbons (Fsp3) is 0.588. The minimum absolute atomic E-state index is 0.0964. The normalized spacial score (nSPS) is 16.5. The second-order valence-electron chi connectivity index (χ2n) is 7.14. The van der Waals surface area contributed by atoms with Gasteiger partial charge in [0.2, 0.25) is 10.0 Å². The molecule has 1 aromatic rings. The van der Waals surface area contributed by atoms with Crippen molar-refractivity contribution in [1.82, 2.24) is 5.32 Å². The molecule has 0 aliphatic carbocycles. The van der Waals surface area contributed by atoms with Gasteiger partial charge in [0.25, 0.3) is 5.91 Å². The minimum Gasteiger partial charge on any atom is -0.496 e. The molecule has 0 bridgehead atoms. The fourth-order valence-electron chi connectivity index (χ4n) is 3.22. The molecule has 0 atom stereocenters. The van der Waals surface area contributed by atoms with E-state index in [1.807, 2.05) is 0 Å².